The highest BCUT2D eigenvalue weighted by molar-refractivity contribution is 9.10. The van der Waals surface area contributed by atoms with Gasteiger partial charge in [-0.25, -0.2) is 4.98 Å². The number of carbonyl (C=O) groups is 2. The van der Waals surface area contributed by atoms with Crippen LogP contribution < -0.4 is 15.4 Å². The van der Waals surface area contributed by atoms with Crippen LogP contribution >= 0.6 is 15.9 Å². The maximum Gasteiger partial charge on any atom is 0.269 e. The number of anilines is 1. The minimum Gasteiger partial charge on any atom is -0.455 e. The molecular weight excluding hydrogens is 474 g/mol. The second-order valence-corrected chi connectivity index (χ2v) is 7.81. The number of imidazole rings is 1. The highest BCUT2D eigenvalue weighted by Gasteiger charge is 2.16. The lowest BCUT2D eigenvalue weighted by molar-refractivity contribution is -0.115. The second-order valence-electron chi connectivity index (χ2n) is 7.06. The molecule has 3 aromatic heterocycles. The molecule has 0 radical (unpaired) electrons. The maximum atomic E-state index is 12.8. The molecule has 0 aliphatic carbocycles. The number of pyridine rings is 2. The van der Waals surface area contributed by atoms with Gasteiger partial charge in [0.05, 0.1) is 17.8 Å². The van der Waals surface area contributed by atoms with Gasteiger partial charge in [0.1, 0.15) is 21.7 Å². The van der Waals surface area contributed by atoms with Gasteiger partial charge in [0, 0.05) is 25.5 Å². The van der Waals surface area contributed by atoms with Crippen molar-refractivity contribution in [2.24, 2.45) is 0 Å². The molecule has 162 valence electrons. The van der Waals surface area contributed by atoms with E-state index in [0.717, 1.165) is 15.8 Å². The minimum atomic E-state index is -0.314. The second kappa shape index (κ2) is 9.19. The summed E-state index contributed by atoms with van der Waals surface area (Å²) in [4.78, 5) is 33.2. The first-order valence-electron chi connectivity index (χ1n) is 9.82. The van der Waals surface area contributed by atoms with E-state index >= 15 is 0 Å². The van der Waals surface area contributed by atoms with Crippen molar-refractivity contribution in [3.8, 4) is 11.5 Å². The molecule has 0 atom stereocenters. The third-order valence-electron chi connectivity index (χ3n) is 4.70. The average molecular weight is 494 g/mol. The Morgan fingerprint density at radius 1 is 1.16 bits per heavy atom. The van der Waals surface area contributed by atoms with Crippen LogP contribution in [0, 0.1) is 6.92 Å². The number of benzene rings is 1. The Bertz CT molecular complexity index is 1320. The number of amides is 2. The van der Waals surface area contributed by atoms with E-state index in [-0.39, 0.29) is 23.9 Å². The Kier molecular flexibility index (Phi) is 6.18. The molecule has 0 aliphatic heterocycles. The summed E-state index contributed by atoms with van der Waals surface area (Å²) in [5.41, 5.74) is 3.10. The van der Waals surface area contributed by atoms with Crippen LogP contribution in [0.25, 0.3) is 5.65 Å². The summed E-state index contributed by atoms with van der Waals surface area (Å²) in [6.45, 7) is 1.93. The van der Waals surface area contributed by atoms with Gasteiger partial charge in [-0.2, -0.15) is 0 Å². The Labute approximate surface area is 192 Å². The van der Waals surface area contributed by atoms with Gasteiger partial charge in [-0.3, -0.25) is 19.0 Å². The summed E-state index contributed by atoms with van der Waals surface area (Å²) in [5.74, 6) is 0.346. The number of nitrogens with one attached hydrogen (secondary N) is 2. The first-order chi connectivity index (χ1) is 15.4. The number of halogens is 1. The van der Waals surface area contributed by atoms with E-state index in [1.165, 1.54) is 13.2 Å². The van der Waals surface area contributed by atoms with E-state index in [1.807, 2.05) is 47.9 Å². The Hall–Kier alpha value is -3.72. The third-order valence-corrected chi connectivity index (χ3v) is 5.54. The Morgan fingerprint density at radius 2 is 2.00 bits per heavy atom. The largest absolute Gasteiger partial charge is 0.455 e. The Morgan fingerprint density at radius 3 is 2.78 bits per heavy atom. The molecule has 0 fully saturated rings. The van der Waals surface area contributed by atoms with Crippen molar-refractivity contribution in [2.45, 2.75) is 13.3 Å². The summed E-state index contributed by atoms with van der Waals surface area (Å²) in [6, 6.07) is 14.3. The fourth-order valence-corrected chi connectivity index (χ4v) is 3.67. The molecule has 9 heteroatoms. The zero-order valence-corrected chi connectivity index (χ0v) is 19.0. The lowest BCUT2D eigenvalue weighted by Gasteiger charge is -2.13. The van der Waals surface area contributed by atoms with Gasteiger partial charge in [0.2, 0.25) is 5.91 Å². The van der Waals surface area contributed by atoms with Crippen molar-refractivity contribution in [1.82, 2.24) is 19.7 Å². The number of fused-ring (bicyclic) bond motifs is 1. The molecule has 0 bridgehead atoms. The van der Waals surface area contributed by atoms with Crippen LogP contribution in [0.5, 0.6) is 11.5 Å². The standard InChI is InChI=1S/C23H20BrN5O3/c1-14-6-7-16(19(11-14)32-15-8-9-26-18(12-15)23(31)25-2)28-21(30)13-17-22(24)29-10-4-3-5-20(29)27-17/h3-12H,13H2,1-2H3,(H,25,31)(H,28,30). The predicted molar refractivity (Wildman–Crippen MR) is 124 cm³/mol. The van der Waals surface area contributed by atoms with Gasteiger partial charge in [0.25, 0.3) is 5.91 Å². The topological polar surface area (TPSA) is 97.6 Å². The summed E-state index contributed by atoms with van der Waals surface area (Å²) in [6.07, 6.45) is 3.46. The highest BCUT2D eigenvalue weighted by Crippen LogP contribution is 2.31. The smallest absolute Gasteiger partial charge is 0.269 e. The number of hydrogen-bond acceptors (Lipinski definition) is 5. The molecule has 8 nitrogen and oxygen atoms in total. The van der Waals surface area contributed by atoms with Gasteiger partial charge in [-0.05, 0) is 58.7 Å². The summed E-state index contributed by atoms with van der Waals surface area (Å²) < 4.78 is 8.59. The molecule has 32 heavy (non-hydrogen) atoms. The fourth-order valence-electron chi connectivity index (χ4n) is 3.14. The van der Waals surface area contributed by atoms with Crippen molar-refractivity contribution in [1.29, 1.82) is 0 Å². The van der Waals surface area contributed by atoms with E-state index in [4.69, 9.17) is 4.74 Å². The van der Waals surface area contributed by atoms with E-state index in [1.54, 1.807) is 18.2 Å². The average Bonchev–Trinajstić information content (AvgIpc) is 3.10. The number of aromatic nitrogens is 3. The SMILES string of the molecule is CNC(=O)c1cc(Oc2cc(C)ccc2NC(=O)Cc2nc3ccccn3c2Br)ccn1. The zero-order chi connectivity index (χ0) is 22.7. The molecule has 2 N–H and O–H groups in total. The van der Waals surface area contributed by atoms with Crippen LogP contribution in [0.3, 0.4) is 0 Å². The minimum absolute atomic E-state index is 0.0889. The first-order valence-corrected chi connectivity index (χ1v) is 10.6. The van der Waals surface area contributed by atoms with Crippen molar-refractivity contribution in [2.75, 3.05) is 12.4 Å². The Balaban J connectivity index is 1.55. The lowest BCUT2D eigenvalue weighted by Crippen LogP contribution is -2.19. The van der Waals surface area contributed by atoms with Crippen LogP contribution in [0.4, 0.5) is 5.69 Å². The molecule has 0 spiro atoms. The number of hydrogen-bond donors (Lipinski definition) is 2. The summed E-state index contributed by atoms with van der Waals surface area (Å²) in [7, 11) is 1.53. The van der Waals surface area contributed by atoms with Crippen molar-refractivity contribution < 1.29 is 14.3 Å². The number of rotatable bonds is 6. The summed E-state index contributed by atoms with van der Waals surface area (Å²) >= 11 is 3.52. The van der Waals surface area contributed by atoms with Crippen molar-refractivity contribution in [3.63, 3.8) is 0 Å². The fraction of sp³-hybridized carbons (Fsp3) is 0.130. The van der Waals surface area contributed by atoms with E-state index in [0.29, 0.717) is 22.9 Å². The zero-order valence-electron chi connectivity index (χ0n) is 17.4. The predicted octanol–water partition coefficient (Wildman–Crippen LogP) is 4.13. The van der Waals surface area contributed by atoms with E-state index < -0.39 is 0 Å². The molecule has 0 saturated carbocycles. The van der Waals surface area contributed by atoms with E-state index in [2.05, 4.69) is 36.5 Å². The maximum absolute atomic E-state index is 12.8. The molecule has 4 aromatic rings. The first kappa shape index (κ1) is 21.5. The van der Waals surface area contributed by atoms with Gasteiger partial charge in [0.15, 0.2) is 5.75 Å². The number of aryl methyl sites for hydroxylation is 1. The molecule has 0 aliphatic rings. The number of nitrogens with zero attached hydrogens (tertiary/aromatic N) is 3. The van der Waals surface area contributed by atoms with Crippen molar-refractivity contribution in [3.05, 3.63) is 82.5 Å². The van der Waals surface area contributed by atoms with Crippen molar-refractivity contribution >= 4 is 39.1 Å². The third kappa shape index (κ3) is 4.62. The highest BCUT2D eigenvalue weighted by atomic mass is 79.9. The molecule has 4 rings (SSSR count). The van der Waals surface area contributed by atoms with Gasteiger partial charge in [-0.1, -0.05) is 12.1 Å². The quantitative estimate of drug-likeness (QED) is 0.420. The summed E-state index contributed by atoms with van der Waals surface area (Å²) in [5, 5.41) is 5.43. The normalized spacial score (nSPS) is 10.7. The monoisotopic (exact) mass is 493 g/mol. The number of ether oxygens (including phenoxy) is 1. The molecule has 0 saturated heterocycles. The molecule has 1 aromatic carbocycles. The molecule has 0 unspecified atom stereocenters. The van der Waals surface area contributed by atoms with Crippen LogP contribution in [0.1, 0.15) is 21.7 Å². The van der Waals surface area contributed by atoms with Crippen LogP contribution in [0.2, 0.25) is 0 Å². The molecule has 3 heterocycles. The molecular formula is C23H20BrN5O3. The van der Waals surface area contributed by atoms with Gasteiger partial charge >= 0.3 is 0 Å². The van der Waals surface area contributed by atoms with Crippen LogP contribution in [-0.4, -0.2) is 33.2 Å². The lowest BCUT2D eigenvalue weighted by atomic mass is 10.2. The van der Waals surface area contributed by atoms with Gasteiger partial charge in [-0.15, -0.1) is 0 Å². The van der Waals surface area contributed by atoms with Crippen LogP contribution in [-0.2, 0) is 11.2 Å². The van der Waals surface area contributed by atoms with Gasteiger partial charge < -0.3 is 15.4 Å². The van der Waals surface area contributed by atoms with Crippen LogP contribution in [0.15, 0.2) is 65.5 Å². The molecule has 2 amide bonds. The van der Waals surface area contributed by atoms with E-state index in [9.17, 15) is 9.59 Å². The number of carbonyl (C=O) groups excluding carboxylic acids is 2.